The number of piperidine rings is 1. The first-order chi connectivity index (χ1) is 8.95. The molecule has 0 bridgehead atoms. The fourth-order valence-electron chi connectivity index (χ4n) is 2.56. The molecule has 5 heteroatoms. The van der Waals surface area contributed by atoms with Gasteiger partial charge >= 0.3 is 12.0 Å². The molecule has 0 spiro atoms. The molecule has 0 aromatic rings. The summed E-state index contributed by atoms with van der Waals surface area (Å²) in [7, 11) is 0. The minimum absolute atomic E-state index is 0.233. The quantitative estimate of drug-likeness (QED) is 0.805. The fourth-order valence-corrected chi connectivity index (χ4v) is 2.56. The Bertz CT molecular complexity index is 310. The Hall–Kier alpha value is -1.26. The zero-order valence-electron chi connectivity index (χ0n) is 12.2. The zero-order chi connectivity index (χ0) is 14.4. The molecule has 110 valence electrons. The van der Waals surface area contributed by atoms with Gasteiger partial charge in [-0.3, -0.25) is 0 Å². The normalized spacial score (nSPS) is 18.4. The van der Waals surface area contributed by atoms with Gasteiger partial charge in [0.25, 0.3) is 0 Å². The number of likely N-dealkylation sites (tertiary alicyclic amines) is 1. The van der Waals surface area contributed by atoms with E-state index in [0.29, 0.717) is 18.3 Å². The van der Waals surface area contributed by atoms with Crippen molar-refractivity contribution in [2.24, 2.45) is 11.8 Å². The minimum Gasteiger partial charge on any atom is -0.480 e. The lowest BCUT2D eigenvalue weighted by Crippen LogP contribution is -2.50. The average molecular weight is 270 g/mol. The van der Waals surface area contributed by atoms with Crippen molar-refractivity contribution in [1.29, 1.82) is 0 Å². The summed E-state index contributed by atoms with van der Waals surface area (Å²) in [6, 6.07) is -0.997. The van der Waals surface area contributed by atoms with E-state index in [1.54, 1.807) is 4.90 Å². The van der Waals surface area contributed by atoms with E-state index in [1.165, 1.54) is 0 Å². The van der Waals surface area contributed by atoms with Crippen molar-refractivity contribution in [1.82, 2.24) is 10.2 Å². The van der Waals surface area contributed by atoms with Crippen molar-refractivity contribution < 1.29 is 14.7 Å². The van der Waals surface area contributed by atoms with Gasteiger partial charge in [0.15, 0.2) is 0 Å². The minimum atomic E-state index is -0.952. The molecule has 1 atom stereocenters. The Balaban J connectivity index is 2.44. The Morgan fingerprint density at radius 3 is 2.32 bits per heavy atom. The molecular formula is C14H26N2O3. The third kappa shape index (κ3) is 4.73. The summed E-state index contributed by atoms with van der Waals surface area (Å²) in [5.74, 6) is 0.374. The number of carbonyl (C=O) groups is 2. The smallest absolute Gasteiger partial charge is 0.326 e. The maximum atomic E-state index is 12.0. The van der Waals surface area contributed by atoms with Gasteiger partial charge in [0.1, 0.15) is 6.04 Å². The van der Waals surface area contributed by atoms with E-state index in [9.17, 15) is 9.59 Å². The number of carboxylic acid groups (broad SMARTS) is 1. The van der Waals surface area contributed by atoms with Crippen LogP contribution in [0.15, 0.2) is 0 Å². The van der Waals surface area contributed by atoms with E-state index < -0.39 is 12.0 Å². The summed E-state index contributed by atoms with van der Waals surface area (Å²) in [6.45, 7) is 7.79. The molecule has 0 aliphatic carbocycles. The van der Waals surface area contributed by atoms with E-state index in [2.05, 4.69) is 19.2 Å². The molecule has 1 rings (SSSR count). The van der Waals surface area contributed by atoms with Crippen LogP contribution in [0.2, 0.25) is 0 Å². The average Bonchev–Trinajstić information content (AvgIpc) is 2.38. The molecular weight excluding hydrogens is 244 g/mol. The largest absolute Gasteiger partial charge is 0.480 e. The number of nitrogens with zero attached hydrogens (tertiary/aromatic N) is 1. The van der Waals surface area contributed by atoms with Crippen molar-refractivity contribution in [2.75, 3.05) is 13.1 Å². The number of urea groups is 1. The number of nitrogens with one attached hydrogen (secondary N) is 1. The predicted octanol–water partition coefficient (Wildman–Crippen LogP) is 2.32. The van der Waals surface area contributed by atoms with E-state index >= 15 is 0 Å². The Morgan fingerprint density at radius 2 is 1.89 bits per heavy atom. The standard InChI is InChI=1S/C14H26N2O3/c1-4-5-12(13(17)18)15-14(19)16-8-6-11(7-9-16)10(2)3/h10-12H,4-9H2,1-3H3,(H,15,19)(H,17,18)/t12-/m0/s1. The lowest BCUT2D eigenvalue weighted by atomic mass is 9.87. The van der Waals surface area contributed by atoms with Crippen molar-refractivity contribution in [3.63, 3.8) is 0 Å². The molecule has 0 aromatic heterocycles. The second-order valence-corrected chi connectivity index (χ2v) is 5.70. The van der Waals surface area contributed by atoms with Gasteiger partial charge in [0, 0.05) is 13.1 Å². The summed E-state index contributed by atoms with van der Waals surface area (Å²) in [4.78, 5) is 24.8. The highest BCUT2D eigenvalue weighted by Crippen LogP contribution is 2.24. The van der Waals surface area contributed by atoms with E-state index in [4.69, 9.17) is 5.11 Å². The molecule has 0 unspecified atom stereocenters. The number of hydrogen-bond donors (Lipinski definition) is 2. The number of rotatable bonds is 5. The summed E-state index contributed by atoms with van der Waals surface area (Å²) in [5.41, 5.74) is 0. The van der Waals surface area contributed by atoms with Gasteiger partial charge in [-0.15, -0.1) is 0 Å². The Kier molecular flexibility index (Phi) is 6.12. The van der Waals surface area contributed by atoms with Gasteiger partial charge in [-0.25, -0.2) is 9.59 Å². The highest BCUT2D eigenvalue weighted by molar-refractivity contribution is 5.82. The highest BCUT2D eigenvalue weighted by atomic mass is 16.4. The van der Waals surface area contributed by atoms with Gasteiger partial charge in [0.05, 0.1) is 0 Å². The summed E-state index contributed by atoms with van der Waals surface area (Å²) in [5, 5.41) is 11.7. The molecule has 1 fully saturated rings. The number of aliphatic carboxylic acids is 1. The van der Waals surface area contributed by atoms with Gasteiger partial charge in [0.2, 0.25) is 0 Å². The van der Waals surface area contributed by atoms with Crippen LogP contribution in [0, 0.1) is 11.8 Å². The third-order valence-corrected chi connectivity index (χ3v) is 3.94. The van der Waals surface area contributed by atoms with Crippen LogP contribution in [0.5, 0.6) is 0 Å². The van der Waals surface area contributed by atoms with Crippen LogP contribution < -0.4 is 5.32 Å². The lowest BCUT2D eigenvalue weighted by Gasteiger charge is -2.34. The number of hydrogen-bond acceptors (Lipinski definition) is 2. The molecule has 1 aliphatic heterocycles. The maximum Gasteiger partial charge on any atom is 0.326 e. The van der Waals surface area contributed by atoms with Crippen molar-refractivity contribution in [3.05, 3.63) is 0 Å². The van der Waals surface area contributed by atoms with Crippen molar-refractivity contribution in [3.8, 4) is 0 Å². The molecule has 0 saturated carbocycles. The molecule has 0 radical (unpaired) electrons. The highest BCUT2D eigenvalue weighted by Gasteiger charge is 2.27. The summed E-state index contributed by atoms with van der Waals surface area (Å²) in [6.07, 6.45) is 3.24. The van der Waals surface area contributed by atoms with Crippen LogP contribution >= 0.6 is 0 Å². The second-order valence-electron chi connectivity index (χ2n) is 5.70. The topological polar surface area (TPSA) is 69.6 Å². The van der Waals surface area contributed by atoms with E-state index in [1.807, 2.05) is 6.92 Å². The molecule has 5 nitrogen and oxygen atoms in total. The van der Waals surface area contributed by atoms with Crippen LogP contribution in [-0.2, 0) is 4.79 Å². The molecule has 1 aliphatic rings. The monoisotopic (exact) mass is 270 g/mol. The van der Waals surface area contributed by atoms with Crippen LogP contribution in [0.1, 0.15) is 46.5 Å². The van der Waals surface area contributed by atoms with Gasteiger partial charge in [-0.2, -0.15) is 0 Å². The van der Waals surface area contributed by atoms with Crippen molar-refractivity contribution >= 4 is 12.0 Å². The first kappa shape index (κ1) is 15.8. The molecule has 2 N–H and O–H groups in total. The molecule has 0 aromatic carbocycles. The first-order valence-electron chi connectivity index (χ1n) is 7.24. The predicted molar refractivity (Wildman–Crippen MR) is 74.0 cm³/mol. The number of amides is 2. The number of carboxylic acids is 1. The van der Waals surface area contributed by atoms with E-state index in [0.717, 1.165) is 32.4 Å². The maximum absolute atomic E-state index is 12.0. The number of carbonyl (C=O) groups excluding carboxylic acids is 1. The summed E-state index contributed by atoms with van der Waals surface area (Å²) < 4.78 is 0. The van der Waals surface area contributed by atoms with Gasteiger partial charge < -0.3 is 15.3 Å². The van der Waals surface area contributed by atoms with Crippen LogP contribution in [0.4, 0.5) is 4.79 Å². The van der Waals surface area contributed by atoms with Crippen LogP contribution in [-0.4, -0.2) is 41.1 Å². The lowest BCUT2D eigenvalue weighted by molar-refractivity contribution is -0.139. The second kappa shape index (κ2) is 7.36. The third-order valence-electron chi connectivity index (χ3n) is 3.94. The molecule has 1 heterocycles. The Labute approximate surface area is 115 Å². The van der Waals surface area contributed by atoms with Gasteiger partial charge in [-0.1, -0.05) is 27.2 Å². The Morgan fingerprint density at radius 1 is 1.32 bits per heavy atom. The molecule has 19 heavy (non-hydrogen) atoms. The van der Waals surface area contributed by atoms with Crippen LogP contribution in [0.25, 0.3) is 0 Å². The summed E-state index contributed by atoms with van der Waals surface area (Å²) >= 11 is 0. The van der Waals surface area contributed by atoms with Gasteiger partial charge in [-0.05, 0) is 31.1 Å². The van der Waals surface area contributed by atoms with Crippen LogP contribution in [0.3, 0.4) is 0 Å². The molecule has 2 amide bonds. The molecule has 1 saturated heterocycles. The fraction of sp³-hybridized carbons (Fsp3) is 0.857. The first-order valence-corrected chi connectivity index (χ1v) is 7.24. The zero-order valence-corrected chi connectivity index (χ0v) is 12.2. The SMILES string of the molecule is CCC[C@H](NC(=O)N1CCC(C(C)C)CC1)C(=O)O. The van der Waals surface area contributed by atoms with E-state index in [-0.39, 0.29) is 6.03 Å². The van der Waals surface area contributed by atoms with Crippen molar-refractivity contribution in [2.45, 2.75) is 52.5 Å².